The molecule has 1 aromatic rings. The molecule has 2 aliphatic rings. The Morgan fingerprint density at radius 1 is 1.20 bits per heavy atom. The zero-order chi connectivity index (χ0) is 18.2. The standard InChI is InChI=1S/C17H24F2N2O3S/c1-12-9-20(10-13(2)24-12)11-15-4-3-7-21(15)25(22,23)17-8-14(18)5-6-16(17)19/h5-6,8,12-13,15H,3-4,7,9-11H2,1-2H3. The minimum absolute atomic E-state index is 0.0934. The normalized spacial score (nSPS) is 29.2. The molecule has 0 aliphatic carbocycles. The van der Waals surface area contributed by atoms with E-state index in [0.29, 0.717) is 13.1 Å². The molecule has 2 saturated heterocycles. The number of hydrogen-bond donors (Lipinski definition) is 0. The maximum absolute atomic E-state index is 14.0. The third-order valence-electron chi connectivity index (χ3n) is 4.77. The molecule has 5 nitrogen and oxygen atoms in total. The summed E-state index contributed by atoms with van der Waals surface area (Å²) in [5, 5.41) is 0. The predicted molar refractivity (Wildman–Crippen MR) is 89.7 cm³/mol. The van der Waals surface area contributed by atoms with E-state index >= 15 is 0 Å². The lowest BCUT2D eigenvalue weighted by Crippen LogP contribution is -2.50. The fourth-order valence-corrected chi connectivity index (χ4v) is 5.60. The Morgan fingerprint density at radius 3 is 2.56 bits per heavy atom. The Kier molecular flexibility index (Phi) is 5.43. The van der Waals surface area contributed by atoms with Crippen molar-refractivity contribution in [2.45, 2.75) is 49.8 Å². The van der Waals surface area contributed by atoms with Gasteiger partial charge >= 0.3 is 0 Å². The van der Waals surface area contributed by atoms with Crippen LogP contribution in [0.3, 0.4) is 0 Å². The van der Waals surface area contributed by atoms with Gasteiger partial charge in [-0.15, -0.1) is 0 Å². The third kappa shape index (κ3) is 4.02. The van der Waals surface area contributed by atoms with Crippen molar-refractivity contribution < 1.29 is 21.9 Å². The number of rotatable bonds is 4. The summed E-state index contributed by atoms with van der Waals surface area (Å²) in [6.45, 7) is 6.38. The zero-order valence-electron chi connectivity index (χ0n) is 14.5. The number of nitrogens with zero attached hydrogens (tertiary/aromatic N) is 2. The van der Waals surface area contributed by atoms with Gasteiger partial charge in [-0.25, -0.2) is 17.2 Å². The number of morpholine rings is 1. The molecular formula is C17H24F2N2O3S. The zero-order valence-corrected chi connectivity index (χ0v) is 15.3. The molecule has 25 heavy (non-hydrogen) atoms. The lowest BCUT2D eigenvalue weighted by molar-refractivity contribution is -0.0707. The van der Waals surface area contributed by atoms with Gasteiger partial charge in [-0.1, -0.05) is 0 Å². The molecule has 2 fully saturated rings. The number of benzene rings is 1. The smallest absolute Gasteiger partial charge is 0.246 e. The van der Waals surface area contributed by atoms with Crippen molar-refractivity contribution in [3.63, 3.8) is 0 Å². The van der Waals surface area contributed by atoms with E-state index in [-0.39, 0.29) is 18.2 Å². The Balaban J connectivity index is 1.80. The van der Waals surface area contributed by atoms with Crippen molar-refractivity contribution in [3.8, 4) is 0 Å². The summed E-state index contributed by atoms with van der Waals surface area (Å²) in [7, 11) is -4.06. The predicted octanol–water partition coefficient (Wildman–Crippen LogP) is 2.23. The van der Waals surface area contributed by atoms with E-state index in [1.54, 1.807) is 0 Å². The second kappa shape index (κ2) is 7.26. The molecule has 2 aliphatic heterocycles. The molecule has 0 aromatic heterocycles. The van der Waals surface area contributed by atoms with Crippen molar-refractivity contribution in [2.24, 2.45) is 0 Å². The van der Waals surface area contributed by atoms with Crippen LogP contribution < -0.4 is 0 Å². The van der Waals surface area contributed by atoms with Gasteiger partial charge in [0.2, 0.25) is 10.0 Å². The van der Waals surface area contributed by atoms with Gasteiger partial charge in [0, 0.05) is 32.2 Å². The molecule has 3 rings (SSSR count). The van der Waals surface area contributed by atoms with E-state index in [2.05, 4.69) is 4.90 Å². The minimum atomic E-state index is -4.06. The van der Waals surface area contributed by atoms with Crippen LogP contribution in [0, 0.1) is 11.6 Å². The van der Waals surface area contributed by atoms with E-state index in [1.807, 2.05) is 13.8 Å². The summed E-state index contributed by atoms with van der Waals surface area (Å²) in [4.78, 5) is 1.61. The first-order valence-corrected chi connectivity index (χ1v) is 10.1. The number of hydrogen-bond acceptors (Lipinski definition) is 4. The molecule has 8 heteroatoms. The summed E-state index contributed by atoms with van der Waals surface area (Å²) in [5.74, 6) is -1.67. The molecular weight excluding hydrogens is 350 g/mol. The van der Waals surface area contributed by atoms with Crippen LogP contribution in [0.4, 0.5) is 8.78 Å². The summed E-state index contributed by atoms with van der Waals surface area (Å²) in [6, 6.07) is 2.31. The van der Waals surface area contributed by atoms with Crippen molar-refractivity contribution in [3.05, 3.63) is 29.8 Å². The molecule has 0 amide bonds. The van der Waals surface area contributed by atoms with Crippen LogP contribution in [0.15, 0.2) is 23.1 Å². The lowest BCUT2D eigenvalue weighted by atomic mass is 10.1. The Bertz CT molecular complexity index is 719. The third-order valence-corrected chi connectivity index (χ3v) is 6.73. The molecule has 3 atom stereocenters. The molecule has 140 valence electrons. The molecule has 0 radical (unpaired) electrons. The van der Waals surface area contributed by atoms with Crippen molar-refractivity contribution >= 4 is 10.0 Å². The molecule has 2 heterocycles. The first-order chi connectivity index (χ1) is 11.8. The largest absolute Gasteiger partial charge is 0.373 e. The second-order valence-corrected chi connectivity index (χ2v) is 8.82. The fourth-order valence-electron chi connectivity index (χ4n) is 3.84. The first-order valence-electron chi connectivity index (χ1n) is 8.62. The van der Waals surface area contributed by atoms with Gasteiger partial charge < -0.3 is 4.74 Å². The molecule has 0 bridgehead atoms. The number of sulfonamides is 1. The van der Waals surface area contributed by atoms with Gasteiger partial charge in [0.15, 0.2) is 0 Å². The highest BCUT2D eigenvalue weighted by Gasteiger charge is 2.38. The fraction of sp³-hybridized carbons (Fsp3) is 0.647. The Labute approximate surface area is 147 Å². The van der Waals surface area contributed by atoms with Gasteiger partial charge in [0.1, 0.15) is 16.5 Å². The quantitative estimate of drug-likeness (QED) is 0.811. The highest BCUT2D eigenvalue weighted by atomic mass is 32.2. The monoisotopic (exact) mass is 374 g/mol. The van der Waals surface area contributed by atoms with Crippen molar-refractivity contribution in [2.75, 3.05) is 26.2 Å². The summed E-state index contributed by atoms with van der Waals surface area (Å²) < 4.78 is 60.2. The van der Waals surface area contributed by atoms with Crippen LogP contribution >= 0.6 is 0 Å². The lowest BCUT2D eigenvalue weighted by Gasteiger charge is -2.38. The van der Waals surface area contributed by atoms with Crippen LogP contribution in [0.25, 0.3) is 0 Å². The van der Waals surface area contributed by atoms with Crippen molar-refractivity contribution in [1.29, 1.82) is 0 Å². The van der Waals surface area contributed by atoms with Gasteiger partial charge in [0.05, 0.1) is 12.2 Å². The summed E-state index contributed by atoms with van der Waals surface area (Å²) in [5.41, 5.74) is 0. The maximum Gasteiger partial charge on any atom is 0.246 e. The van der Waals surface area contributed by atoms with Gasteiger partial charge in [-0.05, 0) is 44.9 Å². The van der Waals surface area contributed by atoms with Crippen molar-refractivity contribution in [1.82, 2.24) is 9.21 Å². The number of ether oxygens (including phenoxy) is 1. The SMILES string of the molecule is CC1CN(CC2CCCN2S(=O)(=O)c2cc(F)ccc2F)CC(C)O1. The minimum Gasteiger partial charge on any atom is -0.373 e. The van der Waals surface area contributed by atoms with Crippen LogP contribution in [-0.4, -0.2) is 62.1 Å². The molecule has 0 spiro atoms. The average molecular weight is 374 g/mol. The van der Waals surface area contributed by atoms with Gasteiger partial charge in [-0.3, -0.25) is 4.90 Å². The highest BCUT2D eigenvalue weighted by molar-refractivity contribution is 7.89. The van der Waals surface area contributed by atoms with Crippen LogP contribution in [0.2, 0.25) is 0 Å². The second-order valence-electron chi connectivity index (χ2n) is 6.96. The van der Waals surface area contributed by atoms with Gasteiger partial charge in [0.25, 0.3) is 0 Å². The van der Waals surface area contributed by atoms with E-state index < -0.39 is 26.6 Å². The van der Waals surface area contributed by atoms with Gasteiger partial charge in [-0.2, -0.15) is 4.31 Å². The van der Waals surface area contributed by atoms with Crippen LogP contribution in [0.5, 0.6) is 0 Å². The molecule has 1 aromatic carbocycles. The average Bonchev–Trinajstić information content (AvgIpc) is 2.97. The van der Waals surface area contributed by atoms with E-state index in [1.165, 1.54) is 4.31 Å². The summed E-state index contributed by atoms with van der Waals surface area (Å²) >= 11 is 0. The highest BCUT2D eigenvalue weighted by Crippen LogP contribution is 2.29. The van der Waals surface area contributed by atoms with Crippen LogP contribution in [0.1, 0.15) is 26.7 Å². The van der Waals surface area contributed by atoms with Crippen LogP contribution in [-0.2, 0) is 14.8 Å². The maximum atomic E-state index is 14.0. The summed E-state index contributed by atoms with van der Waals surface area (Å²) in [6.07, 6.45) is 1.62. The first kappa shape index (κ1) is 18.7. The Hall–Kier alpha value is -1.09. The molecule has 0 N–H and O–H groups in total. The molecule has 0 saturated carbocycles. The van der Waals surface area contributed by atoms with E-state index in [4.69, 9.17) is 4.74 Å². The number of halogens is 2. The topological polar surface area (TPSA) is 49.9 Å². The van der Waals surface area contributed by atoms with E-state index in [0.717, 1.165) is 44.1 Å². The van der Waals surface area contributed by atoms with E-state index in [9.17, 15) is 17.2 Å². The Morgan fingerprint density at radius 2 is 1.88 bits per heavy atom. The molecule has 3 unspecified atom stereocenters.